The molecule has 0 aromatic carbocycles. The van der Waals surface area contributed by atoms with Gasteiger partial charge in [-0.2, -0.15) is 0 Å². The van der Waals surface area contributed by atoms with E-state index in [9.17, 15) is 19.4 Å². The average Bonchev–Trinajstić information content (AvgIpc) is 2.76. The summed E-state index contributed by atoms with van der Waals surface area (Å²) < 4.78 is 14.1. The second kappa shape index (κ2) is 5.59. The van der Waals surface area contributed by atoms with Gasteiger partial charge in [0.2, 0.25) is 0 Å². The lowest BCUT2D eigenvalue weighted by atomic mass is 9.75. The summed E-state index contributed by atoms with van der Waals surface area (Å²) in [5.74, 6) is -2.51. The van der Waals surface area contributed by atoms with Crippen molar-refractivity contribution in [2.45, 2.75) is 49.8 Å². The van der Waals surface area contributed by atoms with Crippen LogP contribution >= 0.6 is 0 Å². The van der Waals surface area contributed by atoms with E-state index in [1.54, 1.807) is 0 Å². The molecule has 0 aliphatic heterocycles. The predicted octanol–water partition coefficient (Wildman–Crippen LogP) is -0.624. The minimum atomic E-state index is -1.49. The molecule has 0 aromatic rings. The van der Waals surface area contributed by atoms with E-state index in [0.717, 1.165) is 0 Å². The predicted molar refractivity (Wildman–Crippen MR) is 69.4 cm³/mol. The molecule has 0 spiro atoms. The molecule has 0 radical (unpaired) electrons. The van der Waals surface area contributed by atoms with Crippen molar-refractivity contribution in [2.24, 2.45) is 23.5 Å². The molecule has 6 atom stereocenters. The van der Waals surface area contributed by atoms with Crippen molar-refractivity contribution in [3.63, 3.8) is 0 Å². The maximum Gasteiger partial charge on any atom is 0.451 e. The number of aliphatic hydroxyl groups excluding tert-OH is 1. The van der Waals surface area contributed by atoms with Crippen molar-refractivity contribution < 1.29 is 29.4 Å². The topological polar surface area (TPSA) is 124 Å². The van der Waals surface area contributed by atoms with Gasteiger partial charge >= 0.3 is 13.1 Å². The third kappa shape index (κ3) is 2.57. The maximum atomic E-state index is 14.1. The van der Waals surface area contributed by atoms with E-state index in [1.165, 1.54) is 0 Å². The van der Waals surface area contributed by atoms with E-state index in [1.807, 2.05) is 0 Å². The minimum Gasteiger partial charge on any atom is -0.480 e. The van der Waals surface area contributed by atoms with Crippen molar-refractivity contribution in [3.05, 3.63) is 0 Å². The summed E-state index contributed by atoms with van der Waals surface area (Å²) >= 11 is 0. The van der Waals surface area contributed by atoms with Gasteiger partial charge in [-0.15, -0.1) is 0 Å². The van der Waals surface area contributed by atoms with Crippen LogP contribution in [0.25, 0.3) is 0 Å². The molecule has 6 nitrogen and oxygen atoms in total. The van der Waals surface area contributed by atoms with E-state index >= 15 is 0 Å². The Morgan fingerprint density at radius 3 is 2.65 bits per heavy atom. The number of fused-ring (bicyclic) bond motifs is 1. The Balaban J connectivity index is 2.14. The molecule has 0 heterocycles. The summed E-state index contributed by atoms with van der Waals surface area (Å²) in [6.07, 6.45) is -1.31. The minimum absolute atomic E-state index is 0.100. The van der Waals surface area contributed by atoms with E-state index in [4.69, 9.17) is 15.8 Å². The standard InChI is InChI=1S/C12H21BFNO5/c14-10-8(16)4-6-5-12(15,11(17)18)7(9(6)10)2-1-3-13(19)20/h6-10,16,19-20H,1-5,15H2,(H,17,18)/t6-,7+,8+,9-,10+,12+/m1/s1. The summed E-state index contributed by atoms with van der Waals surface area (Å²) in [7, 11) is -1.46. The van der Waals surface area contributed by atoms with Crippen LogP contribution in [0.1, 0.15) is 25.7 Å². The fraction of sp³-hybridized carbons (Fsp3) is 0.917. The molecule has 2 aliphatic carbocycles. The number of halogens is 1. The molecule has 20 heavy (non-hydrogen) atoms. The molecule has 0 aromatic heterocycles. The van der Waals surface area contributed by atoms with Gasteiger partial charge in [-0.05, 0) is 37.4 Å². The van der Waals surface area contributed by atoms with E-state index < -0.39 is 42.7 Å². The maximum absolute atomic E-state index is 14.1. The summed E-state index contributed by atoms with van der Waals surface area (Å²) in [5, 5.41) is 36.6. The fourth-order valence-corrected chi connectivity index (χ4v) is 4.03. The van der Waals surface area contributed by atoms with Gasteiger partial charge in [0.25, 0.3) is 0 Å². The number of hydrogen-bond donors (Lipinski definition) is 5. The summed E-state index contributed by atoms with van der Waals surface area (Å²) in [6, 6.07) is 0. The number of alkyl halides is 1. The number of nitrogens with two attached hydrogens (primary N) is 1. The molecule has 0 amide bonds. The molecular weight excluding hydrogens is 268 g/mol. The number of rotatable bonds is 5. The van der Waals surface area contributed by atoms with Crippen LogP contribution in [0.15, 0.2) is 0 Å². The summed E-state index contributed by atoms with van der Waals surface area (Å²) in [5.41, 5.74) is 4.50. The molecule has 6 N–H and O–H groups in total. The number of carboxylic acid groups (broad SMARTS) is 1. The fourth-order valence-electron chi connectivity index (χ4n) is 4.03. The molecule has 0 saturated heterocycles. The van der Waals surface area contributed by atoms with Crippen LogP contribution in [0, 0.1) is 17.8 Å². The monoisotopic (exact) mass is 289 g/mol. The highest BCUT2D eigenvalue weighted by atomic mass is 19.1. The highest BCUT2D eigenvalue weighted by Gasteiger charge is 2.61. The van der Waals surface area contributed by atoms with Crippen molar-refractivity contribution in [1.29, 1.82) is 0 Å². The number of aliphatic carboxylic acids is 1. The van der Waals surface area contributed by atoms with Gasteiger partial charge < -0.3 is 26.0 Å². The first-order valence-electron chi connectivity index (χ1n) is 6.98. The highest BCUT2D eigenvalue weighted by Crippen LogP contribution is 2.54. The normalized spacial score (nSPS) is 43.5. The lowest BCUT2D eigenvalue weighted by Gasteiger charge is -2.31. The first kappa shape index (κ1) is 15.7. The zero-order chi connectivity index (χ0) is 15.1. The number of carbonyl (C=O) groups is 1. The second-order valence-electron chi connectivity index (χ2n) is 6.15. The number of hydrogen-bond acceptors (Lipinski definition) is 5. The van der Waals surface area contributed by atoms with Crippen molar-refractivity contribution >= 4 is 13.1 Å². The number of aliphatic hydroxyl groups is 1. The third-order valence-corrected chi connectivity index (χ3v) is 4.93. The number of carboxylic acids is 1. The summed E-state index contributed by atoms with van der Waals surface area (Å²) in [6.45, 7) is 0. The van der Waals surface area contributed by atoms with E-state index in [2.05, 4.69) is 0 Å². The smallest absolute Gasteiger partial charge is 0.451 e. The molecule has 2 saturated carbocycles. The van der Waals surface area contributed by atoms with Crippen LogP contribution in [0.5, 0.6) is 0 Å². The van der Waals surface area contributed by atoms with Crippen molar-refractivity contribution in [3.8, 4) is 0 Å². The molecule has 2 fully saturated rings. The zero-order valence-corrected chi connectivity index (χ0v) is 11.2. The second-order valence-corrected chi connectivity index (χ2v) is 6.15. The van der Waals surface area contributed by atoms with Crippen LogP contribution < -0.4 is 5.73 Å². The third-order valence-electron chi connectivity index (χ3n) is 4.93. The average molecular weight is 289 g/mol. The highest BCUT2D eigenvalue weighted by molar-refractivity contribution is 6.40. The van der Waals surface area contributed by atoms with E-state index in [0.29, 0.717) is 12.8 Å². The Morgan fingerprint density at radius 1 is 1.45 bits per heavy atom. The first-order chi connectivity index (χ1) is 9.27. The Bertz CT molecular complexity index is 385. The van der Waals surface area contributed by atoms with Crippen LogP contribution in [0.3, 0.4) is 0 Å². The van der Waals surface area contributed by atoms with Crippen LogP contribution in [0.4, 0.5) is 4.39 Å². The quantitative estimate of drug-likeness (QED) is 0.430. The largest absolute Gasteiger partial charge is 0.480 e. The molecule has 2 rings (SSSR count). The van der Waals surface area contributed by atoms with Crippen LogP contribution in [0.2, 0.25) is 6.32 Å². The Hall–Kier alpha value is -0.695. The van der Waals surface area contributed by atoms with Crippen LogP contribution in [-0.4, -0.2) is 51.2 Å². The molecule has 114 valence electrons. The van der Waals surface area contributed by atoms with Gasteiger partial charge in [-0.25, -0.2) is 4.39 Å². The Labute approximate surface area is 116 Å². The molecule has 8 heteroatoms. The first-order valence-corrected chi connectivity index (χ1v) is 6.98. The van der Waals surface area contributed by atoms with Crippen LogP contribution in [-0.2, 0) is 4.79 Å². The lowest BCUT2D eigenvalue weighted by molar-refractivity contribution is -0.145. The van der Waals surface area contributed by atoms with Crippen molar-refractivity contribution in [2.75, 3.05) is 0 Å². The van der Waals surface area contributed by atoms with Gasteiger partial charge in [-0.1, -0.05) is 6.42 Å². The summed E-state index contributed by atoms with van der Waals surface area (Å²) in [4.78, 5) is 11.4. The van der Waals surface area contributed by atoms with Gasteiger partial charge in [-0.3, -0.25) is 4.79 Å². The van der Waals surface area contributed by atoms with Gasteiger partial charge in [0.05, 0.1) is 6.10 Å². The molecule has 0 unspecified atom stereocenters. The van der Waals surface area contributed by atoms with Gasteiger partial charge in [0.1, 0.15) is 11.7 Å². The lowest BCUT2D eigenvalue weighted by Crippen LogP contribution is -2.53. The SMILES string of the molecule is N[C@@]1(C(=O)O)C[C@H]2C[C@H](O)[C@H](F)[C@H]2[C@@H]1CCCB(O)O. The Kier molecular flexibility index (Phi) is 4.39. The van der Waals surface area contributed by atoms with Crippen molar-refractivity contribution in [1.82, 2.24) is 0 Å². The zero-order valence-electron chi connectivity index (χ0n) is 11.2. The Morgan fingerprint density at radius 2 is 2.10 bits per heavy atom. The molecule has 0 bridgehead atoms. The molecule has 2 aliphatic rings. The van der Waals surface area contributed by atoms with Gasteiger partial charge in [0.15, 0.2) is 0 Å². The van der Waals surface area contributed by atoms with Gasteiger partial charge in [0, 0.05) is 5.92 Å². The van der Waals surface area contributed by atoms with E-state index in [-0.39, 0.29) is 25.1 Å². The molecular formula is C12H21BFNO5.